The summed E-state index contributed by atoms with van der Waals surface area (Å²) >= 11 is 23.5. The first-order chi connectivity index (χ1) is 3.81. The first kappa shape index (κ1) is 10.2. The highest BCUT2D eigenvalue weighted by Gasteiger charge is 2.47. The summed E-state index contributed by atoms with van der Waals surface area (Å²) in [4.78, 5) is 9.76. The molecule has 0 amide bonds. The molecule has 0 rings (SSSR count). The average molecular weight is 276 g/mol. The second kappa shape index (κ2) is 3.09. The molecule has 0 heterocycles. The van der Waals surface area contributed by atoms with Crippen molar-refractivity contribution in [2.45, 2.75) is 7.70 Å². The van der Waals surface area contributed by atoms with Crippen LogP contribution in [-0.4, -0.2) is 7.70 Å². The number of rotatable bonds is 2. The van der Waals surface area contributed by atoms with Crippen molar-refractivity contribution in [3.05, 3.63) is 4.91 Å². The van der Waals surface area contributed by atoms with Crippen LogP contribution in [0.1, 0.15) is 0 Å². The van der Waals surface area contributed by atoms with Gasteiger partial charge in [0.05, 0.1) is 0 Å². The second-order valence-electron chi connectivity index (χ2n) is 1.13. The quantitative estimate of drug-likeness (QED) is 0.431. The molecule has 0 spiro atoms. The van der Waals surface area contributed by atoms with Crippen molar-refractivity contribution in [1.82, 2.24) is 0 Å². The van der Waals surface area contributed by atoms with Gasteiger partial charge in [0.1, 0.15) is 0 Å². The molecule has 0 radical (unpaired) electrons. The molecule has 0 aliphatic carbocycles. The van der Waals surface area contributed by atoms with Gasteiger partial charge in [-0.1, -0.05) is 46.4 Å². The highest BCUT2D eigenvalue weighted by molar-refractivity contribution is 9.11. The first-order valence-corrected chi connectivity index (χ1v) is 3.91. The fourth-order valence-corrected chi connectivity index (χ4v) is 0.193. The zero-order valence-corrected chi connectivity index (χ0v) is 8.35. The van der Waals surface area contributed by atoms with Crippen molar-refractivity contribution >= 4 is 62.3 Å². The molecular weight excluding hydrogens is 276 g/mol. The Morgan fingerprint density at radius 1 is 1.22 bits per heavy atom. The van der Waals surface area contributed by atoms with E-state index in [1.54, 1.807) is 0 Å². The van der Waals surface area contributed by atoms with Gasteiger partial charge in [0, 0.05) is 0 Å². The minimum Gasteiger partial charge on any atom is -0.147 e. The summed E-state index contributed by atoms with van der Waals surface area (Å²) in [7, 11) is 0. The fourth-order valence-electron chi connectivity index (χ4n) is 0.0518. The highest BCUT2D eigenvalue weighted by Crippen LogP contribution is 2.47. The molecule has 0 unspecified atom stereocenters. The van der Waals surface area contributed by atoms with Gasteiger partial charge in [-0.2, -0.15) is 0 Å². The van der Waals surface area contributed by atoms with E-state index < -0.39 is 7.70 Å². The lowest BCUT2D eigenvalue weighted by molar-refractivity contribution is 0.860. The zero-order chi connectivity index (χ0) is 7.71. The minimum absolute atomic E-state index is 1.75. The van der Waals surface area contributed by atoms with Crippen LogP contribution in [0.4, 0.5) is 0 Å². The van der Waals surface area contributed by atoms with E-state index in [9.17, 15) is 4.91 Å². The minimum atomic E-state index is -2.06. The molecule has 0 aromatic carbocycles. The Morgan fingerprint density at radius 2 is 1.56 bits per heavy atom. The maximum Gasteiger partial charge on any atom is 0.291 e. The van der Waals surface area contributed by atoms with Gasteiger partial charge < -0.3 is 0 Å². The molecule has 0 saturated carbocycles. The predicted molar refractivity (Wildman–Crippen MR) is 43.6 cm³/mol. The van der Waals surface area contributed by atoms with Crippen LogP contribution in [0.5, 0.6) is 0 Å². The number of nitroso groups, excluding NO2 is 1. The molecule has 0 atom stereocenters. The van der Waals surface area contributed by atoms with Crippen molar-refractivity contribution < 1.29 is 0 Å². The predicted octanol–water partition coefficient (Wildman–Crippen LogP) is 3.41. The molecule has 0 N–H and O–H groups in total. The van der Waals surface area contributed by atoms with Crippen molar-refractivity contribution in [3.8, 4) is 0 Å². The lowest BCUT2D eigenvalue weighted by Crippen LogP contribution is -2.27. The van der Waals surface area contributed by atoms with E-state index >= 15 is 0 Å². The molecule has 54 valence electrons. The number of hydrogen-bond acceptors (Lipinski definition) is 2. The van der Waals surface area contributed by atoms with E-state index in [1.165, 1.54) is 0 Å². The van der Waals surface area contributed by atoms with E-state index in [4.69, 9.17) is 46.4 Å². The molecule has 0 aromatic heterocycles. The molecule has 0 bridgehead atoms. The summed E-state index contributed by atoms with van der Waals surface area (Å²) in [5, 5.41) is 2.26. The van der Waals surface area contributed by atoms with Gasteiger partial charge in [0.25, 0.3) is 4.46 Å². The van der Waals surface area contributed by atoms with Crippen molar-refractivity contribution in [2.24, 2.45) is 5.18 Å². The molecule has 9 heavy (non-hydrogen) atoms. The van der Waals surface area contributed by atoms with Crippen molar-refractivity contribution in [3.63, 3.8) is 0 Å². The Balaban J connectivity index is 4.32. The number of alkyl halides is 5. The fraction of sp³-hybridized carbons (Fsp3) is 1.00. The van der Waals surface area contributed by atoms with E-state index in [1.807, 2.05) is 0 Å². The van der Waals surface area contributed by atoms with E-state index in [-0.39, 0.29) is 0 Å². The molecule has 2 nitrogen and oxygen atoms in total. The molecule has 0 aliphatic heterocycles. The normalized spacial score (nSPS) is 13.4. The standard InChI is InChI=1S/C2BrCl4NO/c3-1(4,5)2(6,7)8-9. The van der Waals surface area contributed by atoms with Crippen molar-refractivity contribution in [1.29, 1.82) is 0 Å². The van der Waals surface area contributed by atoms with Gasteiger partial charge in [0.2, 0.25) is 3.24 Å². The lowest BCUT2D eigenvalue weighted by Gasteiger charge is -2.18. The monoisotopic (exact) mass is 273 g/mol. The maximum absolute atomic E-state index is 9.76. The van der Waals surface area contributed by atoms with Gasteiger partial charge in [-0.05, 0) is 21.1 Å². The van der Waals surface area contributed by atoms with Crippen LogP contribution in [0.25, 0.3) is 0 Å². The summed E-state index contributed by atoms with van der Waals surface area (Å²) in [6, 6.07) is 0. The Kier molecular flexibility index (Phi) is 3.52. The van der Waals surface area contributed by atoms with E-state index in [0.29, 0.717) is 0 Å². The number of halogens is 5. The first-order valence-electron chi connectivity index (χ1n) is 1.60. The third-order valence-electron chi connectivity index (χ3n) is 0.456. The van der Waals surface area contributed by atoms with Gasteiger partial charge in [-0.25, -0.2) is 0 Å². The van der Waals surface area contributed by atoms with Crippen LogP contribution < -0.4 is 0 Å². The van der Waals surface area contributed by atoms with Gasteiger partial charge in [0.15, 0.2) is 0 Å². The summed E-state index contributed by atoms with van der Waals surface area (Å²) in [5.41, 5.74) is 0. The third kappa shape index (κ3) is 2.76. The van der Waals surface area contributed by atoms with E-state index in [0.717, 1.165) is 0 Å². The van der Waals surface area contributed by atoms with Crippen LogP contribution in [0.15, 0.2) is 5.18 Å². The average Bonchev–Trinajstić information content (AvgIpc) is 1.64. The van der Waals surface area contributed by atoms with E-state index in [2.05, 4.69) is 21.1 Å². The van der Waals surface area contributed by atoms with Crippen LogP contribution >= 0.6 is 62.3 Å². The highest BCUT2D eigenvalue weighted by atomic mass is 79.9. The molecule has 7 heteroatoms. The molecule has 0 aromatic rings. The van der Waals surface area contributed by atoms with Crippen LogP contribution in [-0.2, 0) is 0 Å². The Hall–Kier alpha value is 1.24. The SMILES string of the molecule is O=NC(Cl)(Cl)C(Cl)(Cl)Br. The zero-order valence-electron chi connectivity index (χ0n) is 3.75. The van der Waals surface area contributed by atoms with Gasteiger partial charge in [-0.3, -0.25) is 0 Å². The molecular formula is C2BrCl4NO. The van der Waals surface area contributed by atoms with Gasteiger partial charge in [-0.15, -0.1) is 4.91 Å². The number of hydrogen-bond donors (Lipinski definition) is 0. The molecule has 0 saturated heterocycles. The molecule has 0 fully saturated rings. The lowest BCUT2D eigenvalue weighted by atomic mass is 10.8. The number of nitrogens with zero attached hydrogens (tertiary/aromatic N) is 1. The van der Waals surface area contributed by atoms with Crippen LogP contribution in [0.2, 0.25) is 0 Å². The summed E-state index contributed by atoms with van der Waals surface area (Å²) in [6.07, 6.45) is 0. The molecule has 0 aliphatic rings. The maximum atomic E-state index is 9.76. The second-order valence-corrected chi connectivity index (χ2v) is 5.85. The topological polar surface area (TPSA) is 29.4 Å². The summed E-state index contributed by atoms with van der Waals surface area (Å²) in [5.74, 6) is 0. The Labute approximate surface area is 79.9 Å². The van der Waals surface area contributed by atoms with Gasteiger partial charge >= 0.3 is 0 Å². The third-order valence-corrected chi connectivity index (χ3v) is 3.12. The smallest absolute Gasteiger partial charge is 0.147 e. The van der Waals surface area contributed by atoms with Crippen LogP contribution in [0.3, 0.4) is 0 Å². The summed E-state index contributed by atoms with van der Waals surface area (Å²) in [6.45, 7) is 0. The Morgan fingerprint density at radius 3 is 1.56 bits per heavy atom. The van der Waals surface area contributed by atoms with Crippen LogP contribution in [0, 0.1) is 4.91 Å². The Bertz CT molecular complexity index is 120. The van der Waals surface area contributed by atoms with Crippen molar-refractivity contribution in [2.75, 3.05) is 0 Å². The largest absolute Gasteiger partial charge is 0.291 e. The summed E-state index contributed by atoms with van der Waals surface area (Å²) < 4.78 is -3.80.